The lowest BCUT2D eigenvalue weighted by Crippen LogP contribution is -2.38. The highest BCUT2D eigenvalue weighted by Crippen LogP contribution is 2.15. The quantitative estimate of drug-likeness (QED) is 0.382. The fourth-order valence-electron chi connectivity index (χ4n) is 1.13. The van der Waals surface area contributed by atoms with Crippen molar-refractivity contribution in [1.82, 2.24) is 0 Å². The topological polar surface area (TPSA) is 93.1 Å². The van der Waals surface area contributed by atoms with E-state index in [9.17, 15) is 14.7 Å². The molecule has 18 heavy (non-hydrogen) atoms. The van der Waals surface area contributed by atoms with Gasteiger partial charge in [-0.1, -0.05) is 19.9 Å². The van der Waals surface area contributed by atoms with Crippen LogP contribution in [0.15, 0.2) is 12.2 Å². The van der Waals surface area contributed by atoms with Crippen molar-refractivity contribution >= 4 is 11.9 Å². The third-order valence-electron chi connectivity index (χ3n) is 1.86. The first kappa shape index (κ1) is 16.6. The average Bonchev–Trinajstić information content (AvgIpc) is 2.26. The Bertz CT molecular complexity index is 277. The molecule has 0 amide bonds. The Morgan fingerprint density at radius 3 is 1.89 bits per heavy atom. The van der Waals surface area contributed by atoms with E-state index in [4.69, 9.17) is 5.11 Å². The van der Waals surface area contributed by atoms with Crippen LogP contribution in [-0.4, -0.2) is 34.7 Å². The van der Waals surface area contributed by atoms with Crippen molar-refractivity contribution in [2.75, 3.05) is 6.61 Å². The molecule has 104 valence electrons. The molecule has 0 aromatic heterocycles. The van der Waals surface area contributed by atoms with E-state index < -0.39 is 17.9 Å². The monoisotopic (exact) mass is 260 g/mol. The first-order valence-corrected chi connectivity index (χ1v) is 5.92. The Morgan fingerprint density at radius 2 is 1.56 bits per heavy atom. The lowest BCUT2D eigenvalue weighted by atomic mass is 10.3. The Kier molecular flexibility index (Phi) is 7.98. The Morgan fingerprint density at radius 1 is 1.11 bits per heavy atom. The smallest absolute Gasteiger partial charge is 0.395 e. The number of carbonyl (C=O) groups is 2. The normalized spacial score (nSPS) is 11.6. The maximum absolute atomic E-state index is 11.3. The lowest BCUT2D eigenvalue weighted by Gasteiger charge is -2.23. The van der Waals surface area contributed by atoms with Crippen molar-refractivity contribution in [3.63, 3.8) is 0 Å². The minimum Gasteiger partial charge on any atom is -0.395 e. The molecule has 0 bridgehead atoms. The first-order chi connectivity index (χ1) is 8.47. The maximum Gasteiger partial charge on any atom is 0.395 e. The van der Waals surface area contributed by atoms with Crippen LogP contribution in [0.25, 0.3) is 0 Å². The van der Waals surface area contributed by atoms with Crippen LogP contribution in [0, 0.1) is 0 Å². The van der Waals surface area contributed by atoms with E-state index in [2.05, 4.69) is 9.47 Å². The van der Waals surface area contributed by atoms with Crippen molar-refractivity contribution in [2.45, 2.75) is 45.5 Å². The van der Waals surface area contributed by atoms with Gasteiger partial charge in [0.1, 0.15) is 0 Å². The van der Waals surface area contributed by atoms with E-state index in [-0.39, 0.29) is 19.4 Å². The van der Waals surface area contributed by atoms with E-state index in [0.717, 1.165) is 12.2 Å². The Labute approximate surface area is 106 Å². The largest absolute Gasteiger partial charge is 0.395 e. The molecule has 0 heterocycles. The summed E-state index contributed by atoms with van der Waals surface area (Å²) in [4.78, 5) is 22.6. The molecule has 0 aliphatic rings. The van der Waals surface area contributed by atoms with E-state index in [1.807, 2.05) is 0 Å². The van der Waals surface area contributed by atoms with Gasteiger partial charge in [-0.05, 0) is 12.8 Å². The zero-order valence-corrected chi connectivity index (χ0v) is 10.7. The second-order valence-electron chi connectivity index (χ2n) is 3.66. The molecule has 0 unspecified atom stereocenters. The molecule has 6 heteroatoms. The molecule has 0 aliphatic heterocycles. The number of rotatable bonds is 8. The van der Waals surface area contributed by atoms with Crippen LogP contribution in [0.4, 0.5) is 0 Å². The average molecular weight is 260 g/mol. The molecule has 0 saturated heterocycles. The third-order valence-corrected chi connectivity index (χ3v) is 1.86. The van der Waals surface area contributed by atoms with Crippen molar-refractivity contribution in [3.8, 4) is 0 Å². The van der Waals surface area contributed by atoms with Crippen LogP contribution < -0.4 is 0 Å². The van der Waals surface area contributed by atoms with Gasteiger partial charge in [-0.25, -0.2) is 0 Å². The van der Waals surface area contributed by atoms with E-state index >= 15 is 0 Å². The molecular formula is C12H20O6. The van der Waals surface area contributed by atoms with Gasteiger partial charge < -0.3 is 19.7 Å². The summed E-state index contributed by atoms with van der Waals surface area (Å²) in [5.41, 5.74) is 0. The predicted molar refractivity (Wildman–Crippen MR) is 63.2 cm³/mol. The molecule has 0 radical (unpaired) electrons. The van der Waals surface area contributed by atoms with Crippen molar-refractivity contribution in [3.05, 3.63) is 12.2 Å². The number of aliphatic hydroxyl groups excluding tert-OH is 1. The van der Waals surface area contributed by atoms with E-state index in [1.54, 1.807) is 13.8 Å². The summed E-state index contributed by atoms with van der Waals surface area (Å²) >= 11 is 0. The number of hydrogen-bond acceptors (Lipinski definition) is 6. The van der Waals surface area contributed by atoms with Gasteiger partial charge in [0.05, 0.1) is 6.61 Å². The summed E-state index contributed by atoms with van der Waals surface area (Å²) in [6, 6.07) is 0. The van der Waals surface area contributed by atoms with Gasteiger partial charge in [0.2, 0.25) is 0 Å². The van der Waals surface area contributed by atoms with Gasteiger partial charge in [0.15, 0.2) is 0 Å². The highest BCUT2D eigenvalue weighted by molar-refractivity contribution is 5.72. The molecule has 0 fully saturated rings. The number of hydrogen-bond donors (Lipinski definition) is 2. The molecule has 0 aliphatic carbocycles. The van der Waals surface area contributed by atoms with Crippen LogP contribution >= 0.6 is 0 Å². The minimum absolute atomic E-state index is 0.0978. The molecule has 0 spiro atoms. The molecule has 0 aromatic rings. The predicted octanol–water partition coefficient (Wildman–Crippen LogP) is 0.868. The summed E-state index contributed by atoms with van der Waals surface area (Å²) in [6.45, 7) is 3.17. The van der Waals surface area contributed by atoms with Gasteiger partial charge in [-0.2, -0.15) is 0 Å². The summed E-state index contributed by atoms with van der Waals surface area (Å²) in [6.07, 6.45) is 3.33. The van der Waals surface area contributed by atoms with Crippen LogP contribution in [-0.2, 0) is 19.1 Å². The van der Waals surface area contributed by atoms with Crippen molar-refractivity contribution in [1.29, 1.82) is 0 Å². The van der Waals surface area contributed by atoms with Gasteiger partial charge in [-0.3, -0.25) is 9.59 Å². The van der Waals surface area contributed by atoms with Gasteiger partial charge in [0, 0.05) is 18.9 Å². The Balaban J connectivity index is 4.66. The second-order valence-corrected chi connectivity index (χ2v) is 3.66. The zero-order valence-electron chi connectivity index (χ0n) is 10.7. The SMILES string of the molecule is CCCC(=O)OC(O)(/C=C/CO)OC(=O)CCC. The summed E-state index contributed by atoms with van der Waals surface area (Å²) in [5.74, 6) is -3.82. The summed E-state index contributed by atoms with van der Waals surface area (Å²) in [5, 5.41) is 18.5. The molecule has 0 aromatic carbocycles. The number of carbonyl (C=O) groups excluding carboxylic acids is 2. The Hall–Kier alpha value is -1.40. The van der Waals surface area contributed by atoms with Crippen LogP contribution in [0.5, 0.6) is 0 Å². The summed E-state index contributed by atoms with van der Waals surface area (Å²) < 4.78 is 9.35. The van der Waals surface area contributed by atoms with Crippen LogP contribution in [0.1, 0.15) is 39.5 Å². The molecule has 0 atom stereocenters. The first-order valence-electron chi connectivity index (χ1n) is 5.92. The number of ether oxygens (including phenoxy) is 2. The fourth-order valence-corrected chi connectivity index (χ4v) is 1.13. The molecule has 0 rings (SSSR count). The lowest BCUT2D eigenvalue weighted by molar-refractivity contribution is -0.296. The summed E-state index contributed by atoms with van der Waals surface area (Å²) in [7, 11) is 0. The van der Waals surface area contributed by atoms with Gasteiger partial charge >= 0.3 is 17.9 Å². The molecule has 2 N–H and O–H groups in total. The molecule has 0 saturated carbocycles. The second kappa shape index (κ2) is 8.66. The highest BCUT2D eigenvalue weighted by Gasteiger charge is 2.33. The third kappa shape index (κ3) is 7.03. The molecule has 6 nitrogen and oxygen atoms in total. The number of aliphatic hydroxyl groups is 2. The minimum atomic E-state index is -2.44. The molecular weight excluding hydrogens is 240 g/mol. The van der Waals surface area contributed by atoms with Gasteiger partial charge in [0.25, 0.3) is 0 Å². The fraction of sp³-hybridized carbons (Fsp3) is 0.667. The van der Waals surface area contributed by atoms with Gasteiger partial charge in [-0.15, -0.1) is 0 Å². The van der Waals surface area contributed by atoms with Crippen LogP contribution in [0.2, 0.25) is 0 Å². The highest BCUT2D eigenvalue weighted by atomic mass is 16.8. The van der Waals surface area contributed by atoms with Crippen molar-refractivity contribution in [2.24, 2.45) is 0 Å². The van der Waals surface area contributed by atoms with Crippen LogP contribution in [0.3, 0.4) is 0 Å². The zero-order chi connectivity index (χ0) is 14.0. The maximum atomic E-state index is 11.3. The number of esters is 2. The standard InChI is InChI=1S/C12H20O6/c1-3-6-10(14)17-12(16,8-5-9-13)18-11(15)7-4-2/h5,8,13,16H,3-4,6-7,9H2,1-2H3/b8-5+. The van der Waals surface area contributed by atoms with E-state index in [1.165, 1.54) is 0 Å². The van der Waals surface area contributed by atoms with Crippen molar-refractivity contribution < 1.29 is 29.3 Å². The van der Waals surface area contributed by atoms with E-state index in [0.29, 0.717) is 12.8 Å².